The highest BCUT2D eigenvalue weighted by Gasteiger charge is 2.28. The standard InChI is InChI=1S/C11H10Br2ClNO/c12-8-1-2-10(13)7(3-8)5-15-6-9(14)4-11(15)16/h1-3,9H,4-6H2. The summed E-state index contributed by atoms with van der Waals surface area (Å²) < 4.78 is 2.03. The Morgan fingerprint density at radius 3 is 2.81 bits per heavy atom. The maximum absolute atomic E-state index is 11.6. The van der Waals surface area contributed by atoms with Crippen LogP contribution in [-0.2, 0) is 11.3 Å². The molecule has 16 heavy (non-hydrogen) atoms. The predicted molar refractivity (Wildman–Crippen MR) is 71.5 cm³/mol. The number of benzene rings is 1. The summed E-state index contributed by atoms with van der Waals surface area (Å²) in [7, 11) is 0. The number of halogens is 3. The van der Waals surface area contributed by atoms with Crippen LogP contribution in [0.25, 0.3) is 0 Å². The molecule has 0 aromatic heterocycles. The average molecular weight is 367 g/mol. The van der Waals surface area contributed by atoms with Gasteiger partial charge in [-0.15, -0.1) is 11.6 Å². The van der Waals surface area contributed by atoms with E-state index in [9.17, 15) is 4.79 Å². The highest BCUT2D eigenvalue weighted by Crippen LogP contribution is 2.25. The molecule has 1 aliphatic heterocycles. The fourth-order valence-corrected chi connectivity index (χ4v) is 2.83. The molecular formula is C11H10Br2ClNO. The van der Waals surface area contributed by atoms with E-state index in [1.165, 1.54) is 0 Å². The zero-order chi connectivity index (χ0) is 11.7. The van der Waals surface area contributed by atoms with Gasteiger partial charge in [-0.2, -0.15) is 0 Å². The Hall–Kier alpha value is -0.0600. The first-order valence-corrected chi connectivity index (χ1v) is 6.94. The Morgan fingerprint density at radius 2 is 2.19 bits per heavy atom. The van der Waals surface area contributed by atoms with E-state index in [4.69, 9.17) is 11.6 Å². The van der Waals surface area contributed by atoms with Crippen LogP contribution < -0.4 is 0 Å². The first-order chi connectivity index (χ1) is 7.56. The summed E-state index contributed by atoms with van der Waals surface area (Å²) >= 11 is 12.9. The highest BCUT2D eigenvalue weighted by atomic mass is 79.9. The molecule has 0 radical (unpaired) electrons. The van der Waals surface area contributed by atoms with Crippen LogP contribution in [0.15, 0.2) is 27.1 Å². The molecule has 5 heteroatoms. The van der Waals surface area contributed by atoms with Crippen molar-refractivity contribution >= 4 is 49.4 Å². The first-order valence-electron chi connectivity index (χ1n) is 4.92. The third kappa shape index (κ3) is 2.79. The Balaban J connectivity index is 2.15. The summed E-state index contributed by atoms with van der Waals surface area (Å²) in [6.07, 6.45) is 0.452. The fourth-order valence-electron chi connectivity index (χ4n) is 1.75. The van der Waals surface area contributed by atoms with Crippen molar-refractivity contribution in [1.82, 2.24) is 4.90 Å². The number of hydrogen-bond acceptors (Lipinski definition) is 1. The van der Waals surface area contributed by atoms with Gasteiger partial charge in [0.05, 0.1) is 5.38 Å². The van der Waals surface area contributed by atoms with Crippen molar-refractivity contribution < 1.29 is 4.79 Å². The van der Waals surface area contributed by atoms with Crippen LogP contribution in [0.5, 0.6) is 0 Å². The Morgan fingerprint density at radius 1 is 1.44 bits per heavy atom. The summed E-state index contributed by atoms with van der Waals surface area (Å²) in [4.78, 5) is 13.4. The Labute approximate surface area is 116 Å². The Kier molecular flexibility index (Phi) is 3.93. The van der Waals surface area contributed by atoms with Gasteiger partial charge in [-0.1, -0.05) is 31.9 Å². The van der Waals surface area contributed by atoms with E-state index in [0.29, 0.717) is 19.5 Å². The molecule has 0 saturated carbocycles. The highest BCUT2D eigenvalue weighted by molar-refractivity contribution is 9.11. The van der Waals surface area contributed by atoms with Crippen LogP contribution in [0, 0.1) is 0 Å². The summed E-state index contributed by atoms with van der Waals surface area (Å²) in [6.45, 7) is 1.25. The maximum Gasteiger partial charge on any atom is 0.224 e. The molecular weight excluding hydrogens is 357 g/mol. The molecule has 2 nitrogen and oxygen atoms in total. The van der Waals surface area contributed by atoms with E-state index in [1.54, 1.807) is 4.90 Å². The molecule has 86 valence electrons. The van der Waals surface area contributed by atoms with Crippen LogP contribution in [0.2, 0.25) is 0 Å². The molecule has 1 unspecified atom stereocenters. The van der Waals surface area contributed by atoms with Gasteiger partial charge in [0.2, 0.25) is 5.91 Å². The van der Waals surface area contributed by atoms with Gasteiger partial charge in [0.15, 0.2) is 0 Å². The van der Waals surface area contributed by atoms with E-state index in [-0.39, 0.29) is 11.3 Å². The van der Waals surface area contributed by atoms with Gasteiger partial charge in [-0.3, -0.25) is 4.79 Å². The third-order valence-corrected chi connectivity index (χ3v) is 4.10. The zero-order valence-corrected chi connectivity index (χ0v) is 12.3. The number of alkyl halides is 1. The van der Waals surface area contributed by atoms with Gasteiger partial charge in [-0.05, 0) is 23.8 Å². The SMILES string of the molecule is O=C1CC(Cl)CN1Cc1cc(Br)ccc1Br. The van der Waals surface area contributed by atoms with Gasteiger partial charge < -0.3 is 4.90 Å². The number of hydrogen-bond donors (Lipinski definition) is 0. The van der Waals surface area contributed by atoms with Crippen LogP contribution in [-0.4, -0.2) is 22.7 Å². The summed E-state index contributed by atoms with van der Waals surface area (Å²) in [5, 5.41) is -0.0431. The van der Waals surface area contributed by atoms with Crippen LogP contribution in [0.3, 0.4) is 0 Å². The second-order valence-electron chi connectivity index (χ2n) is 3.81. The summed E-state index contributed by atoms with van der Waals surface area (Å²) in [5.74, 6) is 0.131. The van der Waals surface area contributed by atoms with Gasteiger partial charge >= 0.3 is 0 Å². The van der Waals surface area contributed by atoms with E-state index in [0.717, 1.165) is 14.5 Å². The second kappa shape index (κ2) is 5.07. The molecule has 0 aliphatic carbocycles. The smallest absolute Gasteiger partial charge is 0.224 e. The summed E-state index contributed by atoms with van der Waals surface area (Å²) in [6, 6.07) is 5.95. The Bertz CT molecular complexity index is 424. The average Bonchev–Trinajstić information content (AvgIpc) is 2.51. The van der Waals surface area contributed by atoms with Crippen molar-refractivity contribution in [3.8, 4) is 0 Å². The molecule has 1 atom stereocenters. The number of likely N-dealkylation sites (tertiary alicyclic amines) is 1. The minimum Gasteiger partial charge on any atom is -0.337 e. The molecule has 1 saturated heterocycles. The van der Waals surface area contributed by atoms with Crippen molar-refractivity contribution in [2.45, 2.75) is 18.3 Å². The van der Waals surface area contributed by atoms with Crippen molar-refractivity contribution in [3.63, 3.8) is 0 Å². The maximum atomic E-state index is 11.6. The lowest BCUT2D eigenvalue weighted by Gasteiger charge is -2.16. The number of rotatable bonds is 2. The van der Waals surface area contributed by atoms with Crippen molar-refractivity contribution in [2.75, 3.05) is 6.54 Å². The van der Waals surface area contributed by atoms with Crippen molar-refractivity contribution in [3.05, 3.63) is 32.7 Å². The molecule has 1 aliphatic rings. The lowest BCUT2D eigenvalue weighted by atomic mass is 10.2. The monoisotopic (exact) mass is 365 g/mol. The topological polar surface area (TPSA) is 20.3 Å². The predicted octanol–water partition coefficient (Wildman–Crippen LogP) is 3.55. The normalized spacial score (nSPS) is 20.6. The molecule has 0 spiro atoms. The minimum absolute atomic E-state index is 0.0431. The van der Waals surface area contributed by atoms with E-state index < -0.39 is 0 Å². The van der Waals surface area contributed by atoms with Crippen molar-refractivity contribution in [1.29, 1.82) is 0 Å². The first kappa shape index (κ1) is 12.4. The molecule has 1 amide bonds. The molecule has 1 aromatic carbocycles. The minimum atomic E-state index is -0.0431. The number of carbonyl (C=O) groups excluding carboxylic acids is 1. The van der Waals surface area contributed by atoms with E-state index in [1.807, 2.05) is 18.2 Å². The lowest BCUT2D eigenvalue weighted by Crippen LogP contribution is -2.24. The molecule has 0 bridgehead atoms. The van der Waals surface area contributed by atoms with Gasteiger partial charge in [-0.25, -0.2) is 0 Å². The molecule has 1 heterocycles. The number of nitrogens with zero attached hydrogens (tertiary/aromatic N) is 1. The quantitative estimate of drug-likeness (QED) is 0.732. The molecule has 0 N–H and O–H groups in total. The fraction of sp³-hybridized carbons (Fsp3) is 0.364. The molecule has 1 aromatic rings. The van der Waals surface area contributed by atoms with Gasteiger partial charge in [0, 0.05) is 28.5 Å². The summed E-state index contributed by atoms with van der Waals surface area (Å²) in [5.41, 5.74) is 1.09. The largest absolute Gasteiger partial charge is 0.337 e. The van der Waals surface area contributed by atoms with Gasteiger partial charge in [0.25, 0.3) is 0 Å². The third-order valence-electron chi connectivity index (χ3n) is 2.54. The number of carbonyl (C=O) groups is 1. The van der Waals surface area contributed by atoms with Crippen LogP contribution >= 0.6 is 43.5 Å². The molecule has 1 fully saturated rings. The lowest BCUT2D eigenvalue weighted by molar-refractivity contribution is -0.128. The van der Waals surface area contributed by atoms with E-state index >= 15 is 0 Å². The van der Waals surface area contributed by atoms with E-state index in [2.05, 4.69) is 31.9 Å². The van der Waals surface area contributed by atoms with Gasteiger partial charge in [0.1, 0.15) is 0 Å². The second-order valence-corrected chi connectivity index (χ2v) is 6.20. The zero-order valence-electron chi connectivity index (χ0n) is 8.42. The van der Waals surface area contributed by atoms with Crippen molar-refractivity contribution in [2.24, 2.45) is 0 Å². The van der Waals surface area contributed by atoms with Crippen LogP contribution in [0.1, 0.15) is 12.0 Å². The van der Waals surface area contributed by atoms with Crippen LogP contribution in [0.4, 0.5) is 0 Å². The molecule has 2 rings (SSSR count). The number of amides is 1.